The third-order valence-corrected chi connectivity index (χ3v) is 6.39. The smallest absolute Gasteiger partial charge is 0.251 e. The number of piperidine rings is 1. The number of hydrogen-bond donors (Lipinski definition) is 2. The second-order valence-electron chi connectivity index (χ2n) is 8.29. The van der Waals surface area contributed by atoms with Gasteiger partial charge in [-0.15, -0.1) is 0 Å². The summed E-state index contributed by atoms with van der Waals surface area (Å²) >= 11 is 0. The first-order valence-corrected chi connectivity index (χ1v) is 11.0. The van der Waals surface area contributed by atoms with E-state index in [0.717, 1.165) is 68.6 Å². The molecule has 1 saturated heterocycles. The van der Waals surface area contributed by atoms with Crippen LogP contribution in [0.3, 0.4) is 0 Å². The summed E-state index contributed by atoms with van der Waals surface area (Å²) in [5.74, 6) is 0.0119. The molecule has 158 valence electrons. The van der Waals surface area contributed by atoms with Gasteiger partial charge in [0.25, 0.3) is 5.91 Å². The minimum atomic E-state index is 0.0119. The van der Waals surface area contributed by atoms with Crippen LogP contribution in [0.4, 0.5) is 0 Å². The highest BCUT2D eigenvalue weighted by Gasteiger charge is 2.25. The number of hydrogen-bond acceptors (Lipinski definition) is 4. The van der Waals surface area contributed by atoms with E-state index in [1.807, 2.05) is 30.5 Å². The predicted octanol–water partition coefficient (Wildman–Crippen LogP) is 2.85. The van der Waals surface area contributed by atoms with Crippen molar-refractivity contribution in [2.24, 2.45) is 0 Å². The van der Waals surface area contributed by atoms with Gasteiger partial charge in [-0.1, -0.05) is 6.07 Å². The summed E-state index contributed by atoms with van der Waals surface area (Å²) in [6.45, 7) is 7.33. The number of aryl methyl sites for hydroxylation is 1. The van der Waals surface area contributed by atoms with Gasteiger partial charge in [-0.3, -0.25) is 14.4 Å². The molecule has 2 aliphatic rings. The maximum atomic E-state index is 12.7. The number of nitrogens with one attached hydrogen (secondary N) is 2. The number of carbonyl (C=O) groups is 1. The maximum absolute atomic E-state index is 12.7. The van der Waals surface area contributed by atoms with E-state index in [1.165, 1.54) is 11.3 Å². The van der Waals surface area contributed by atoms with Crippen LogP contribution in [0, 0.1) is 0 Å². The second-order valence-corrected chi connectivity index (χ2v) is 8.29. The Morgan fingerprint density at radius 2 is 2.17 bits per heavy atom. The van der Waals surface area contributed by atoms with Crippen LogP contribution in [0.15, 0.2) is 30.5 Å². The number of H-pyrrole nitrogens is 1. The Hall–Kier alpha value is -2.64. The van der Waals surface area contributed by atoms with Gasteiger partial charge in [-0.05, 0) is 43.4 Å². The lowest BCUT2D eigenvalue weighted by Gasteiger charge is -2.32. The fourth-order valence-electron chi connectivity index (χ4n) is 4.67. The Bertz CT molecular complexity index is 1050. The lowest BCUT2D eigenvalue weighted by Crippen LogP contribution is -2.44. The number of rotatable bonds is 5. The number of likely N-dealkylation sites (tertiary alicyclic amines) is 1. The number of aromatic nitrogens is 3. The molecule has 1 fully saturated rings. The van der Waals surface area contributed by atoms with Gasteiger partial charge in [-0.2, -0.15) is 5.10 Å². The van der Waals surface area contributed by atoms with Gasteiger partial charge in [0.2, 0.25) is 0 Å². The lowest BCUT2D eigenvalue weighted by atomic mass is 10.0. The van der Waals surface area contributed by atoms with Gasteiger partial charge < -0.3 is 15.0 Å². The number of fused-ring (bicyclic) bond motifs is 2. The molecule has 0 radical (unpaired) electrons. The zero-order valence-corrected chi connectivity index (χ0v) is 17.5. The molecule has 0 spiro atoms. The quantitative estimate of drug-likeness (QED) is 0.682. The Labute approximate surface area is 176 Å². The molecule has 5 rings (SSSR count). The number of ether oxygens (including phenoxy) is 1. The van der Waals surface area contributed by atoms with Crippen molar-refractivity contribution in [1.29, 1.82) is 0 Å². The number of aromatic amines is 1. The molecule has 0 aliphatic carbocycles. The van der Waals surface area contributed by atoms with Gasteiger partial charge in [0.1, 0.15) is 0 Å². The van der Waals surface area contributed by atoms with Crippen LogP contribution in [-0.2, 0) is 30.9 Å². The van der Waals surface area contributed by atoms with E-state index in [2.05, 4.69) is 26.8 Å². The lowest BCUT2D eigenvalue weighted by molar-refractivity contribution is 0.0906. The van der Waals surface area contributed by atoms with E-state index in [1.54, 1.807) is 0 Å². The summed E-state index contributed by atoms with van der Waals surface area (Å²) in [6, 6.07) is 8.05. The molecular formula is C23H29N5O2. The largest absolute Gasteiger partial charge is 0.376 e. The van der Waals surface area contributed by atoms with Crippen LogP contribution in [0.1, 0.15) is 47.1 Å². The Balaban J connectivity index is 1.18. The van der Waals surface area contributed by atoms with Crippen LogP contribution in [-0.4, -0.2) is 51.3 Å². The molecule has 2 N–H and O–H groups in total. The third-order valence-electron chi connectivity index (χ3n) is 6.39. The SMILES string of the molecule is CCn1nc(CN2CCC(NC(=O)c3ccc4cc[nH]c4c3)CC2)c2c1CCOC2. The van der Waals surface area contributed by atoms with Crippen molar-refractivity contribution in [3.05, 3.63) is 53.0 Å². The summed E-state index contributed by atoms with van der Waals surface area (Å²) in [6.07, 6.45) is 4.78. The van der Waals surface area contributed by atoms with Crippen molar-refractivity contribution >= 4 is 16.8 Å². The van der Waals surface area contributed by atoms with Crippen LogP contribution < -0.4 is 5.32 Å². The normalized spacial score (nSPS) is 17.9. The molecule has 3 aromatic rings. The van der Waals surface area contributed by atoms with E-state index in [4.69, 9.17) is 9.84 Å². The second kappa shape index (κ2) is 8.24. The van der Waals surface area contributed by atoms with Crippen molar-refractivity contribution in [3.8, 4) is 0 Å². The highest BCUT2D eigenvalue weighted by atomic mass is 16.5. The highest BCUT2D eigenvalue weighted by Crippen LogP contribution is 2.23. The fraction of sp³-hybridized carbons (Fsp3) is 0.478. The topological polar surface area (TPSA) is 75.2 Å². The standard InChI is InChI=1S/C23H29N5O2/c1-2-28-22-8-12-30-15-19(22)21(26-28)14-27-10-6-18(7-11-27)25-23(29)17-4-3-16-5-9-24-20(16)13-17/h3-5,9,13,18,24H,2,6-8,10-12,14-15H2,1H3,(H,25,29). The van der Waals surface area contributed by atoms with E-state index in [0.29, 0.717) is 12.2 Å². The van der Waals surface area contributed by atoms with Crippen molar-refractivity contribution in [1.82, 2.24) is 25.0 Å². The van der Waals surface area contributed by atoms with Gasteiger partial charge in [-0.25, -0.2) is 0 Å². The van der Waals surface area contributed by atoms with Crippen LogP contribution in [0.2, 0.25) is 0 Å². The molecule has 2 aliphatic heterocycles. The summed E-state index contributed by atoms with van der Waals surface area (Å²) in [4.78, 5) is 18.3. The third kappa shape index (κ3) is 3.75. The van der Waals surface area contributed by atoms with Crippen molar-refractivity contribution in [2.45, 2.75) is 51.9 Å². The number of carbonyl (C=O) groups excluding carboxylic acids is 1. The molecule has 1 aromatic carbocycles. The molecule has 4 heterocycles. The zero-order valence-electron chi connectivity index (χ0n) is 17.5. The average Bonchev–Trinajstić information content (AvgIpc) is 3.39. The molecule has 0 atom stereocenters. The Morgan fingerprint density at radius 1 is 1.30 bits per heavy atom. The number of nitrogens with zero attached hydrogens (tertiary/aromatic N) is 3. The summed E-state index contributed by atoms with van der Waals surface area (Å²) in [5, 5.41) is 9.20. The molecule has 30 heavy (non-hydrogen) atoms. The van der Waals surface area contributed by atoms with Crippen molar-refractivity contribution in [2.75, 3.05) is 19.7 Å². The first-order chi connectivity index (χ1) is 14.7. The summed E-state index contributed by atoms with van der Waals surface area (Å²) < 4.78 is 7.83. The average molecular weight is 408 g/mol. The van der Waals surface area contributed by atoms with Crippen LogP contribution >= 0.6 is 0 Å². The first-order valence-electron chi connectivity index (χ1n) is 11.0. The van der Waals surface area contributed by atoms with E-state index in [9.17, 15) is 4.79 Å². The van der Waals surface area contributed by atoms with Gasteiger partial charge in [0.15, 0.2) is 0 Å². The van der Waals surface area contributed by atoms with Crippen molar-refractivity contribution in [3.63, 3.8) is 0 Å². The minimum Gasteiger partial charge on any atom is -0.376 e. The predicted molar refractivity (Wildman–Crippen MR) is 115 cm³/mol. The van der Waals surface area contributed by atoms with E-state index < -0.39 is 0 Å². The maximum Gasteiger partial charge on any atom is 0.251 e. The van der Waals surface area contributed by atoms with Crippen LogP contribution in [0.25, 0.3) is 10.9 Å². The zero-order chi connectivity index (χ0) is 20.5. The molecule has 1 amide bonds. The Kier molecular flexibility index (Phi) is 5.31. The van der Waals surface area contributed by atoms with Crippen LogP contribution in [0.5, 0.6) is 0 Å². The van der Waals surface area contributed by atoms with Gasteiger partial charge in [0, 0.05) is 67.2 Å². The Morgan fingerprint density at radius 3 is 3.00 bits per heavy atom. The van der Waals surface area contributed by atoms with E-state index >= 15 is 0 Å². The minimum absolute atomic E-state index is 0.0119. The monoisotopic (exact) mass is 407 g/mol. The molecule has 2 aromatic heterocycles. The molecule has 0 saturated carbocycles. The fourth-order valence-corrected chi connectivity index (χ4v) is 4.67. The molecule has 0 unspecified atom stereocenters. The molecular weight excluding hydrogens is 378 g/mol. The van der Waals surface area contributed by atoms with Gasteiger partial charge in [0.05, 0.1) is 18.9 Å². The summed E-state index contributed by atoms with van der Waals surface area (Å²) in [7, 11) is 0. The summed E-state index contributed by atoms with van der Waals surface area (Å²) in [5.41, 5.74) is 5.51. The highest BCUT2D eigenvalue weighted by molar-refractivity contribution is 5.98. The first kappa shape index (κ1) is 19.3. The molecule has 7 nitrogen and oxygen atoms in total. The number of amides is 1. The van der Waals surface area contributed by atoms with Gasteiger partial charge >= 0.3 is 0 Å². The van der Waals surface area contributed by atoms with Crippen molar-refractivity contribution < 1.29 is 9.53 Å². The molecule has 0 bridgehead atoms. The molecule has 7 heteroatoms. The van der Waals surface area contributed by atoms with E-state index in [-0.39, 0.29) is 11.9 Å². The number of benzene rings is 1.